The number of hydrogen-bond donors (Lipinski definition) is 3. The maximum absolute atomic E-state index is 11.0. The van der Waals surface area contributed by atoms with Crippen LogP contribution < -0.4 is 21.1 Å². The highest BCUT2D eigenvalue weighted by atomic mass is 35.5. The van der Waals surface area contributed by atoms with Gasteiger partial charge in [0.1, 0.15) is 6.10 Å². The minimum absolute atomic E-state index is 0.166. The van der Waals surface area contributed by atoms with E-state index in [4.69, 9.17) is 33.7 Å². The van der Waals surface area contributed by atoms with Gasteiger partial charge in [-0.2, -0.15) is 10.1 Å². The number of carbonyl (C=O) groups excluding carboxylic acids is 1. The Hall–Kier alpha value is -2.88. The number of nitrogens with one attached hydrogen (secondary N) is 2. The number of hydrogen-bond acceptors (Lipinski definition) is 8. The normalized spacial score (nSPS) is 12.5. The minimum Gasteiger partial charge on any atom is -0.474 e. The van der Waals surface area contributed by atoms with Crippen LogP contribution in [0.1, 0.15) is 23.2 Å². The largest absolute Gasteiger partial charge is 0.474 e. The number of carbonyl (C=O) groups is 1. The predicted molar refractivity (Wildman–Crippen MR) is 122 cm³/mol. The number of nitrogens with zero attached hydrogens (tertiary/aromatic N) is 4. The first kappa shape index (κ1) is 22.8. The van der Waals surface area contributed by atoms with Crippen LogP contribution in [-0.2, 0) is 6.54 Å². The molecule has 4 rings (SSSR count). The van der Waals surface area contributed by atoms with Crippen LogP contribution in [0.15, 0.2) is 36.8 Å². The number of anilines is 3. The van der Waals surface area contributed by atoms with Gasteiger partial charge >= 0.3 is 0 Å². The Morgan fingerprint density at radius 1 is 1.29 bits per heavy atom. The molecule has 9 nitrogen and oxygen atoms in total. The van der Waals surface area contributed by atoms with Gasteiger partial charge in [-0.15, -0.1) is 0 Å². The monoisotopic (exact) mass is 463 g/mol. The van der Waals surface area contributed by atoms with Gasteiger partial charge in [0.05, 0.1) is 39.7 Å². The third kappa shape index (κ3) is 6.55. The van der Waals surface area contributed by atoms with E-state index in [1.54, 1.807) is 30.1 Å². The number of para-hydroxylation sites is 1. The number of nitrogens with two attached hydrogens (primary N) is 1. The van der Waals surface area contributed by atoms with E-state index in [1.165, 1.54) is 6.20 Å². The molecular formula is C20H23Cl2N7O2. The zero-order valence-electron chi connectivity index (χ0n) is 16.9. The van der Waals surface area contributed by atoms with Crippen LogP contribution in [0.3, 0.4) is 0 Å². The Balaban J connectivity index is 0.000000229. The summed E-state index contributed by atoms with van der Waals surface area (Å²) in [4.78, 5) is 19.3. The van der Waals surface area contributed by atoms with Crippen molar-refractivity contribution in [3.8, 4) is 5.88 Å². The molecule has 4 N–H and O–H groups in total. The summed E-state index contributed by atoms with van der Waals surface area (Å²) in [5.74, 6) is 0.683. The summed E-state index contributed by atoms with van der Waals surface area (Å²) in [5.41, 5.74) is 7.36. The van der Waals surface area contributed by atoms with Crippen LogP contribution in [-0.4, -0.2) is 45.7 Å². The molecule has 1 fully saturated rings. The Labute approximate surface area is 189 Å². The summed E-state index contributed by atoms with van der Waals surface area (Å²) in [6.07, 6.45) is 7.77. The quantitative estimate of drug-likeness (QED) is 0.431. The maximum Gasteiger partial charge on any atom is 0.230 e. The van der Waals surface area contributed by atoms with E-state index in [-0.39, 0.29) is 6.10 Å². The van der Waals surface area contributed by atoms with Gasteiger partial charge in [-0.3, -0.25) is 9.48 Å². The van der Waals surface area contributed by atoms with Crippen molar-refractivity contribution in [2.24, 2.45) is 5.73 Å². The molecule has 1 saturated carbocycles. The van der Waals surface area contributed by atoms with Crippen molar-refractivity contribution >= 4 is 46.8 Å². The Morgan fingerprint density at radius 3 is 2.61 bits per heavy atom. The molecule has 0 radical (unpaired) electrons. The first-order chi connectivity index (χ1) is 15.0. The molecule has 1 aliphatic rings. The molecule has 0 saturated heterocycles. The molecular weight excluding hydrogens is 441 g/mol. The second-order valence-corrected chi connectivity index (χ2v) is 7.46. The molecule has 31 heavy (non-hydrogen) atoms. The molecule has 11 heteroatoms. The molecule has 164 valence electrons. The fourth-order valence-electron chi connectivity index (χ4n) is 2.50. The average molecular weight is 464 g/mol. The van der Waals surface area contributed by atoms with E-state index in [0.717, 1.165) is 24.2 Å². The van der Waals surface area contributed by atoms with E-state index >= 15 is 0 Å². The molecule has 3 aromatic rings. The maximum atomic E-state index is 11.0. The van der Waals surface area contributed by atoms with Gasteiger partial charge in [-0.05, 0) is 25.0 Å². The van der Waals surface area contributed by atoms with Crippen molar-refractivity contribution in [2.45, 2.75) is 25.5 Å². The summed E-state index contributed by atoms with van der Waals surface area (Å²) >= 11 is 11.6. The molecule has 0 bridgehead atoms. The first-order valence-corrected chi connectivity index (χ1v) is 10.4. The number of ether oxygens (including phenoxy) is 1. The molecule has 0 aliphatic heterocycles. The summed E-state index contributed by atoms with van der Waals surface area (Å²) < 4.78 is 7.34. The molecule has 0 unspecified atom stereocenters. The number of benzene rings is 1. The van der Waals surface area contributed by atoms with E-state index in [0.29, 0.717) is 46.8 Å². The Morgan fingerprint density at radius 2 is 2.03 bits per heavy atom. The molecule has 2 aromatic heterocycles. The lowest BCUT2D eigenvalue weighted by Crippen LogP contribution is -2.09. The fourth-order valence-corrected chi connectivity index (χ4v) is 3.09. The molecule has 1 aromatic carbocycles. The first-order valence-electron chi connectivity index (χ1n) is 9.64. The van der Waals surface area contributed by atoms with Crippen molar-refractivity contribution in [3.63, 3.8) is 0 Å². The van der Waals surface area contributed by atoms with Gasteiger partial charge in [-0.1, -0.05) is 29.3 Å². The minimum atomic E-state index is 0.166. The van der Waals surface area contributed by atoms with E-state index in [9.17, 15) is 4.79 Å². The summed E-state index contributed by atoms with van der Waals surface area (Å²) in [6, 6.07) is 5.39. The van der Waals surface area contributed by atoms with Crippen LogP contribution in [0.25, 0.3) is 0 Å². The second kappa shape index (κ2) is 10.9. The molecule has 0 spiro atoms. The van der Waals surface area contributed by atoms with Crippen LogP contribution in [0.2, 0.25) is 10.0 Å². The number of aldehydes is 1. The second-order valence-electron chi connectivity index (χ2n) is 6.64. The van der Waals surface area contributed by atoms with Gasteiger partial charge < -0.3 is 21.1 Å². The standard InChI is InChI=1S/C13H16N6O2.C7H7Cl2N/c14-3-4-19-7-10(6-16-19)17-13-15-5-9(8-20)12(18-13)21-11-1-2-11;1-10-7-5(8)3-2-4-6(7)9/h5-8,11H,1-4,14H2,(H,15,17,18);2-4,10H,1H3. The highest BCUT2D eigenvalue weighted by Crippen LogP contribution is 2.29. The molecule has 0 atom stereocenters. The summed E-state index contributed by atoms with van der Waals surface area (Å²) in [6.45, 7) is 1.16. The van der Waals surface area contributed by atoms with E-state index < -0.39 is 0 Å². The Bertz CT molecular complexity index is 1000. The topological polar surface area (TPSA) is 120 Å². The van der Waals surface area contributed by atoms with Gasteiger partial charge in [0, 0.05) is 26.0 Å². The molecule has 0 amide bonds. The van der Waals surface area contributed by atoms with E-state index in [2.05, 4.69) is 25.7 Å². The van der Waals surface area contributed by atoms with Gasteiger partial charge in [0.15, 0.2) is 6.29 Å². The fraction of sp³-hybridized carbons (Fsp3) is 0.300. The van der Waals surface area contributed by atoms with Crippen molar-refractivity contribution in [2.75, 3.05) is 24.2 Å². The average Bonchev–Trinajstić information content (AvgIpc) is 3.46. The van der Waals surface area contributed by atoms with E-state index in [1.807, 2.05) is 12.3 Å². The van der Waals surface area contributed by atoms with Crippen molar-refractivity contribution in [1.82, 2.24) is 19.7 Å². The third-order valence-electron chi connectivity index (χ3n) is 4.17. The Kier molecular flexibility index (Phi) is 8.05. The lowest BCUT2D eigenvalue weighted by Gasteiger charge is -2.08. The highest BCUT2D eigenvalue weighted by Gasteiger charge is 2.25. The lowest BCUT2D eigenvalue weighted by molar-refractivity contribution is 0.111. The van der Waals surface area contributed by atoms with Crippen molar-refractivity contribution in [1.29, 1.82) is 0 Å². The highest BCUT2D eigenvalue weighted by molar-refractivity contribution is 6.39. The van der Waals surface area contributed by atoms with Gasteiger partial charge in [-0.25, -0.2) is 4.98 Å². The SMILES string of the molecule is CNc1c(Cl)cccc1Cl.NCCn1cc(Nc2ncc(C=O)c(OC3CC3)n2)cn1. The lowest BCUT2D eigenvalue weighted by atomic mass is 10.3. The van der Waals surface area contributed by atoms with Gasteiger partial charge in [0.2, 0.25) is 11.8 Å². The van der Waals surface area contributed by atoms with Crippen LogP contribution in [0.5, 0.6) is 5.88 Å². The number of halogens is 2. The number of rotatable bonds is 8. The van der Waals surface area contributed by atoms with Crippen LogP contribution in [0.4, 0.5) is 17.3 Å². The van der Waals surface area contributed by atoms with Gasteiger partial charge in [0.25, 0.3) is 0 Å². The summed E-state index contributed by atoms with van der Waals surface area (Å²) in [5, 5.41) is 11.4. The van der Waals surface area contributed by atoms with Crippen LogP contribution in [0, 0.1) is 0 Å². The van der Waals surface area contributed by atoms with Crippen molar-refractivity contribution in [3.05, 3.63) is 52.4 Å². The third-order valence-corrected chi connectivity index (χ3v) is 4.80. The smallest absolute Gasteiger partial charge is 0.230 e. The number of aromatic nitrogens is 4. The predicted octanol–water partition coefficient (Wildman–Crippen LogP) is 3.76. The van der Waals surface area contributed by atoms with Crippen LogP contribution >= 0.6 is 23.2 Å². The zero-order chi connectivity index (χ0) is 22.2. The molecule has 2 heterocycles. The summed E-state index contributed by atoms with van der Waals surface area (Å²) in [7, 11) is 1.78. The zero-order valence-corrected chi connectivity index (χ0v) is 18.4. The molecule has 1 aliphatic carbocycles. The van der Waals surface area contributed by atoms with Crippen molar-refractivity contribution < 1.29 is 9.53 Å².